The van der Waals surface area contributed by atoms with Crippen LogP contribution in [0, 0.1) is 10.1 Å². The van der Waals surface area contributed by atoms with Gasteiger partial charge >= 0.3 is 17.4 Å². The van der Waals surface area contributed by atoms with Gasteiger partial charge in [0, 0.05) is 10.7 Å². The Morgan fingerprint density at radius 1 is 0.967 bits per heavy atom. The molecule has 2 aromatic carbocycles. The van der Waals surface area contributed by atoms with Crippen LogP contribution < -0.4 is 5.32 Å². The molecule has 2 aromatic rings. The minimum atomic E-state index is -5.15. The van der Waals surface area contributed by atoms with E-state index < -0.39 is 53.9 Å². The summed E-state index contributed by atoms with van der Waals surface area (Å²) in [5.41, 5.74) is -4.23. The van der Waals surface area contributed by atoms with Gasteiger partial charge in [0.25, 0.3) is 9.84 Å². The number of alkyl halides is 6. The van der Waals surface area contributed by atoms with Gasteiger partial charge in [-0.3, -0.25) is 10.1 Å². The van der Waals surface area contributed by atoms with Crippen molar-refractivity contribution in [2.45, 2.75) is 17.2 Å². The fraction of sp³-hybridized carbons (Fsp3) is 0.125. The SMILES string of the molecule is O=[N+]([O-])/C(=C\Nc1cc(C(F)(F)F)cc(C(F)(F)F)c1)S(=O)(=O)c1ccc(Cl)cc1. The standard InChI is InChI=1S/C16H9ClF6N2O4S/c17-11-1-3-13(4-2-11)30(28,29)14(25(26)27)8-24-12-6-9(15(18,19)20)5-10(7-12)16(21,22)23/h1-8,24H/b14-8+. The number of hydrogen-bond donors (Lipinski definition) is 1. The van der Waals surface area contributed by atoms with Gasteiger partial charge in [-0.1, -0.05) is 11.6 Å². The van der Waals surface area contributed by atoms with Gasteiger partial charge in [-0.2, -0.15) is 26.3 Å². The van der Waals surface area contributed by atoms with E-state index in [0.29, 0.717) is 0 Å². The molecule has 0 heterocycles. The van der Waals surface area contributed by atoms with Gasteiger partial charge in [0.1, 0.15) is 0 Å². The van der Waals surface area contributed by atoms with Gasteiger partial charge in [-0.05, 0) is 42.5 Å². The van der Waals surface area contributed by atoms with Crippen molar-refractivity contribution in [3.05, 3.63) is 80.0 Å². The molecule has 6 nitrogen and oxygen atoms in total. The van der Waals surface area contributed by atoms with Crippen LogP contribution in [0.5, 0.6) is 0 Å². The lowest BCUT2D eigenvalue weighted by Crippen LogP contribution is -2.15. The van der Waals surface area contributed by atoms with E-state index in [0.717, 1.165) is 24.3 Å². The zero-order chi connectivity index (χ0) is 22.9. The van der Waals surface area contributed by atoms with Crippen LogP contribution in [0.15, 0.2) is 58.6 Å². The average Bonchev–Trinajstić information content (AvgIpc) is 2.60. The topological polar surface area (TPSA) is 89.3 Å². The predicted octanol–water partition coefficient (Wildman–Crippen LogP) is 5.34. The summed E-state index contributed by atoms with van der Waals surface area (Å²) >= 11 is 5.61. The molecule has 0 aromatic heterocycles. The number of nitrogens with one attached hydrogen (secondary N) is 1. The molecule has 1 N–H and O–H groups in total. The summed E-state index contributed by atoms with van der Waals surface area (Å²) < 4.78 is 102. The molecule has 0 bridgehead atoms. The molecule has 0 aliphatic rings. The van der Waals surface area contributed by atoms with Crippen molar-refractivity contribution in [2.75, 3.05) is 5.32 Å². The van der Waals surface area contributed by atoms with E-state index in [1.165, 1.54) is 0 Å². The van der Waals surface area contributed by atoms with Crippen molar-refractivity contribution >= 4 is 27.1 Å². The number of rotatable bonds is 5. The van der Waals surface area contributed by atoms with Crippen LogP contribution in [0.25, 0.3) is 0 Å². The molecule has 162 valence electrons. The van der Waals surface area contributed by atoms with Crippen molar-refractivity contribution in [3.63, 3.8) is 0 Å². The molecule has 0 saturated carbocycles. The molecular formula is C16H9ClF6N2O4S. The van der Waals surface area contributed by atoms with Gasteiger partial charge in [0.05, 0.1) is 27.1 Å². The second-order valence-electron chi connectivity index (χ2n) is 5.64. The molecule has 14 heteroatoms. The third kappa shape index (κ3) is 5.42. The van der Waals surface area contributed by atoms with Gasteiger partial charge in [-0.25, -0.2) is 8.42 Å². The van der Waals surface area contributed by atoms with Crippen molar-refractivity contribution in [1.82, 2.24) is 0 Å². The third-order valence-electron chi connectivity index (χ3n) is 3.53. The molecule has 0 fully saturated rings. The highest BCUT2D eigenvalue weighted by atomic mass is 35.5. The van der Waals surface area contributed by atoms with Crippen LogP contribution in [0.1, 0.15) is 11.1 Å². The smallest absolute Gasteiger partial charge is 0.355 e. The van der Waals surface area contributed by atoms with Crippen LogP contribution in [0.4, 0.5) is 32.0 Å². The molecule has 0 aliphatic carbocycles. The molecule has 0 aliphatic heterocycles. The summed E-state index contributed by atoms with van der Waals surface area (Å²) in [6.07, 6.45) is -10.1. The largest absolute Gasteiger partial charge is 0.416 e. The number of nitro groups is 1. The highest BCUT2D eigenvalue weighted by Gasteiger charge is 2.37. The summed E-state index contributed by atoms with van der Waals surface area (Å²) in [5.74, 6) is 0. The quantitative estimate of drug-likeness (QED) is 0.359. The minimum Gasteiger partial charge on any atom is -0.355 e. The second kappa shape index (κ2) is 8.14. The maximum absolute atomic E-state index is 12.9. The molecule has 0 saturated heterocycles. The first-order valence-corrected chi connectivity index (χ1v) is 9.40. The van der Waals surface area contributed by atoms with E-state index >= 15 is 0 Å². The lowest BCUT2D eigenvalue weighted by molar-refractivity contribution is -0.411. The third-order valence-corrected chi connectivity index (χ3v) is 5.49. The van der Waals surface area contributed by atoms with Gasteiger partial charge < -0.3 is 5.32 Å². The van der Waals surface area contributed by atoms with Crippen molar-refractivity contribution < 1.29 is 39.7 Å². The van der Waals surface area contributed by atoms with Gasteiger partial charge in [-0.15, -0.1) is 0 Å². The van der Waals surface area contributed by atoms with E-state index in [1.807, 2.05) is 5.32 Å². The van der Waals surface area contributed by atoms with E-state index in [-0.39, 0.29) is 29.4 Å². The molecule has 0 amide bonds. The number of anilines is 1. The summed E-state index contributed by atoms with van der Waals surface area (Å²) in [7, 11) is -4.77. The zero-order valence-corrected chi connectivity index (χ0v) is 15.8. The number of benzene rings is 2. The maximum Gasteiger partial charge on any atom is 0.416 e. The van der Waals surface area contributed by atoms with Crippen LogP contribution in [-0.2, 0) is 22.2 Å². The number of hydrogen-bond acceptors (Lipinski definition) is 5. The van der Waals surface area contributed by atoms with E-state index in [2.05, 4.69) is 0 Å². The van der Waals surface area contributed by atoms with Gasteiger partial charge in [0.15, 0.2) is 0 Å². The Morgan fingerprint density at radius 3 is 1.83 bits per heavy atom. The Bertz CT molecular complexity index is 1060. The normalized spacial score (nSPS) is 13.2. The summed E-state index contributed by atoms with van der Waals surface area (Å²) in [5, 5.41) is 11.6. The molecule has 0 unspecified atom stereocenters. The Balaban J connectivity index is 2.53. The highest BCUT2D eigenvalue weighted by Crippen LogP contribution is 2.37. The first-order chi connectivity index (χ1) is 13.6. The molecule has 30 heavy (non-hydrogen) atoms. The van der Waals surface area contributed by atoms with E-state index in [1.54, 1.807) is 0 Å². The van der Waals surface area contributed by atoms with Crippen LogP contribution in [-0.4, -0.2) is 13.3 Å². The first kappa shape index (κ1) is 23.5. The monoisotopic (exact) mass is 474 g/mol. The summed E-state index contributed by atoms with van der Waals surface area (Å²) in [6, 6.07) is 4.50. The fourth-order valence-electron chi connectivity index (χ4n) is 2.15. The highest BCUT2D eigenvalue weighted by molar-refractivity contribution is 7.95. The Morgan fingerprint density at radius 2 is 1.43 bits per heavy atom. The lowest BCUT2D eigenvalue weighted by atomic mass is 10.1. The zero-order valence-electron chi connectivity index (χ0n) is 14.3. The average molecular weight is 475 g/mol. The first-order valence-electron chi connectivity index (χ1n) is 7.53. The number of sulfone groups is 1. The van der Waals surface area contributed by atoms with Crippen LogP contribution in [0.2, 0.25) is 5.02 Å². The number of nitrogens with zero attached hydrogens (tertiary/aromatic N) is 1. The molecule has 2 rings (SSSR count). The predicted molar refractivity (Wildman–Crippen MR) is 93.8 cm³/mol. The van der Waals surface area contributed by atoms with E-state index in [9.17, 15) is 44.9 Å². The Kier molecular flexibility index (Phi) is 6.37. The maximum atomic E-state index is 12.9. The lowest BCUT2D eigenvalue weighted by Gasteiger charge is -2.14. The molecule has 0 atom stereocenters. The van der Waals surface area contributed by atoms with Crippen molar-refractivity contribution in [2.24, 2.45) is 0 Å². The Hall–Kier alpha value is -2.80. The summed E-state index contributed by atoms with van der Waals surface area (Å²) in [4.78, 5) is 9.28. The van der Waals surface area contributed by atoms with E-state index in [4.69, 9.17) is 11.6 Å². The van der Waals surface area contributed by atoms with Crippen molar-refractivity contribution in [1.29, 1.82) is 0 Å². The summed E-state index contributed by atoms with van der Waals surface area (Å²) in [6.45, 7) is 0. The van der Waals surface area contributed by atoms with Crippen LogP contribution in [0.3, 0.4) is 0 Å². The molecule has 0 radical (unpaired) electrons. The van der Waals surface area contributed by atoms with Crippen LogP contribution >= 0.6 is 11.6 Å². The minimum absolute atomic E-state index is 0.127. The van der Waals surface area contributed by atoms with Gasteiger partial charge in [0.2, 0.25) is 0 Å². The Labute approximate surface area is 169 Å². The molecule has 0 spiro atoms. The number of halogens is 7. The molecular weight excluding hydrogens is 466 g/mol. The fourth-order valence-corrected chi connectivity index (χ4v) is 3.42. The second-order valence-corrected chi connectivity index (χ2v) is 7.97. The van der Waals surface area contributed by atoms with Crippen molar-refractivity contribution in [3.8, 4) is 0 Å².